The summed E-state index contributed by atoms with van der Waals surface area (Å²) in [5.74, 6) is -1.43. The van der Waals surface area contributed by atoms with Crippen LogP contribution in [-0.2, 0) is 9.59 Å². The van der Waals surface area contributed by atoms with Gasteiger partial charge in [0.15, 0.2) is 0 Å². The third kappa shape index (κ3) is 5.46. The number of hydrogen-bond donors (Lipinski definition) is 4. The number of piperidine rings is 2. The molecular formula is C12H22N2O4. The molecule has 2 saturated heterocycles. The normalized spacial score (nSPS) is 27.8. The van der Waals surface area contributed by atoms with Crippen molar-refractivity contribution in [1.82, 2.24) is 10.6 Å². The first-order chi connectivity index (χ1) is 8.61. The van der Waals surface area contributed by atoms with Gasteiger partial charge in [-0.1, -0.05) is 12.8 Å². The summed E-state index contributed by atoms with van der Waals surface area (Å²) in [5.41, 5.74) is 0. The number of aliphatic carboxylic acids is 2. The van der Waals surface area contributed by atoms with Crippen LogP contribution in [0.25, 0.3) is 0 Å². The molecule has 18 heavy (non-hydrogen) atoms. The number of nitrogens with one attached hydrogen (secondary N) is 2. The number of carboxylic acid groups (broad SMARTS) is 2. The van der Waals surface area contributed by atoms with Gasteiger partial charge in [0.05, 0.1) is 0 Å². The molecule has 4 N–H and O–H groups in total. The maximum atomic E-state index is 10.3. The van der Waals surface area contributed by atoms with Gasteiger partial charge in [0.25, 0.3) is 0 Å². The minimum Gasteiger partial charge on any atom is -0.480 e. The Labute approximate surface area is 107 Å². The lowest BCUT2D eigenvalue weighted by Gasteiger charge is -2.18. The highest BCUT2D eigenvalue weighted by molar-refractivity contribution is 5.73. The van der Waals surface area contributed by atoms with Gasteiger partial charge in [0, 0.05) is 0 Å². The highest BCUT2D eigenvalue weighted by atomic mass is 16.4. The third-order valence-electron chi connectivity index (χ3n) is 3.22. The fourth-order valence-corrected chi connectivity index (χ4v) is 2.13. The second kappa shape index (κ2) is 8.05. The van der Waals surface area contributed by atoms with E-state index in [0.717, 1.165) is 51.6 Å². The number of hydrogen-bond acceptors (Lipinski definition) is 4. The lowest BCUT2D eigenvalue weighted by Crippen LogP contribution is -2.40. The summed E-state index contributed by atoms with van der Waals surface area (Å²) in [5, 5.41) is 22.8. The van der Waals surface area contributed by atoms with Gasteiger partial charge in [-0.2, -0.15) is 0 Å². The zero-order valence-electron chi connectivity index (χ0n) is 10.5. The van der Waals surface area contributed by atoms with Crippen LogP contribution in [0, 0.1) is 0 Å². The smallest absolute Gasteiger partial charge is 0.320 e. The number of carboxylic acids is 2. The average Bonchev–Trinajstić information content (AvgIpc) is 2.41. The van der Waals surface area contributed by atoms with Gasteiger partial charge in [0.1, 0.15) is 12.1 Å². The zero-order chi connectivity index (χ0) is 13.4. The molecule has 0 aliphatic carbocycles. The van der Waals surface area contributed by atoms with Crippen molar-refractivity contribution in [2.75, 3.05) is 13.1 Å². The van der Waals surface area contributed by atoms with Crippen LogP contribution in [0.3, 0.4) is 0 Å². The molecule has 6 nitrogen and oxygen atoms in total. The van der Waals surface area contributed by atoms with Gasteiger partial charge >= 0.3 is 11.9 Å². The van der Waals surface area contributed by atoms with E-state index in [4.69, 9.17) is 10.2 Å². The van der Waals surface area contributed by atoms with E-state index < -0.39 is 11.9 Å². The molecule has 2 aliphatic heterocycles. The molecule has 6 heteroatoms. The molecule has 2 atom stereocenters. The largest absolute Gasteiger partial charge is 0.480 e. The summed E-state index contributed by atoms with van der Waals surface area (Å²) >= 11 is 0. The maximum absolute atomic E-state index is 10.3. The Hall–Kier alpha value is -1.14. The molecule has 1 unspecified atom stereocenters. The van der Waals surface area contributed by atoms with Crippen LogP contribution < -0.4 is 10.6 Å². The quantitative estimate of drug-likeness (QED) is 0.573. The van der Waals surface area contributed by atoms with Gasteiger partial charge in [-0.05, 0) is 38.8 Å². The Morgan fingerprint density at radius 3 is 1.33 bits per heavy atom. The lowest BCUT2D eigenvalue weighted by atomic mass is 10.1. The molecule has 104 valence electrons. The van der Waals surface area contributed by atoms with Crippen molar-refractivity contribution >= 4 is 11.9 Å². The van der Waals surface area contributed by atoms with Crippen molar-refractivity contribution < 1.29 is 19.8 Å². The minimum absolute atomic E-state index is 0.279. The SMILES string of the molecule is O=C(O)C1CCCCN1.O=C(O)[C@@H]1CCCCN1. The van der Waals surface area contributed by atoms with Gasteiger partial charge in [-0.3, -0.25) is 9.59 Å². The van der Waals surface area contributed by atoms with Crippen molar-refractivity contribution in [2.45, 2.75) is 50.6 Å². The summed E-state index contributed by atoms with van der Waals surface area (Å²) < 4.78 is 0. The molecule has 2 aliphatic rings. The predicted molar refractivity (Wildman–Crippen MR) is 66.6 cm³/mol. The fraction of sp³-hybridized carbons (Fsp3) is 0.833. The first kappa shape index (κ1) is 14.9. The number of rotatable bonds is 2. The van der Waals surface area contributed by atoms with E-state index in [-0.39, 0.29) is 12.1 Å². The fourth-order valence-electron chi connectivity index (χ4n) is 2.13. The van der Waals surface area contributed by atoms with Gasteiger partial charge in [-0.15, -0.1) is 0 Å². The molecule has 2 heterocycles. The average molecular weight is 258 g/mol. The van der Waals surface area contributed by atoms with Crippen molar-refractivity contribution in [3.8, 4) is 0 Å². The van der Waals surface area contributed by atoms with Gasteiger partial charge in [0.2, 0.25) is 0 Å². The van der Waals surface area contributed by atoms with Crippen molar-refractivity contribution in [3.63, 3.8) is 0 Å². The maximum Gasteiger partial charge on any atom is 0.320 e. The van der Waals surface area contributed by atoms with E-state index in [2.05, 4.69) is 10.6 Å². The van der Waals surface area contributed by atoms with Gasteiger partial charge in [-0.25, -0.2) is 0 Å². The number of carbonyl (C=O) groups is 2. The Bertz CT molecular complexity index is 243. The summed E-state index contributed by atoms with van der Waals surface area (Å²) in [4.78, 5) is 20.6. The first-order valence-corrected chi connectivity index (χ1v) is 6.53. The molecule has 0 spiro atoms. The second-order valence-electron chi connectivity index (χ2n) is 4.68. The van der Waals surface area contributed by atoms with Crippen LogP contribution in [0.15, 0.2) is 0 Å². The Balaban J connectivity index is 0.000000180. The monoisotopic (exact) mass is 258 g/mol. The van der Waals surface area contributed by atoms with Crippen molar-refractivity contribution in [2.24, 2.45) is 0 Å². The molecule has 2 fully saturated rings. The minimum atomic E-state index is -0.713. The highest BCUT2D eigenvalue weighted by Gasteiger charge is 2.19. The highest BCUT2D eigenvalue weighted by Crippen LogP contribution is 2.06. The second-order valence-corrected chi connectivity index (χ2v) is 4.68. The van der Waals surface area contributed by atoms with Crippen LogP contribution in [0.4, 0.5) is 0 Å². The topological polar surface area (TPSA) is 98.7 Å². The van der Waals surface area contributed by atoms with E-state index in [1.807, 2.05) is 0 Å². The van der Waals surface area contributed by atoms with Crippen LogP contribution in [0.1, 0.15) is 38.5 Å². The molecule has 0 bridgehead atoms. The summed E-state index contributed by atoms with van der Waals surface area (Å²) in [7, 11) is 0. The predicted octanol–water partition coefficient (Wildman–Crippen LogP) is 0.426. The van der Waals surface area contributed by atoms with E-state index >= 15 is 0 Å². The molecular weight excluding hydrogens is 236 g/mol. The third-order valence-corrected chi connectivity index (χ3v) is 3.22. The molecule has 0 aromatic rings. The van der Waals surface area contributed by atoms with Gasteiger partial charge < -0.3 is 20.8 Å². The van der Waals surface area contributed by atoms with E-state index in [0.29, 0.717) is 0 Å². The molecule has 0 radical (unpaired) electrons. The molecule has 0 aromatic heterocycles. The van der Waals surface area contributed by atoms with E-state index in [9.17, 15) is 9.59 Å². The van der Waals surface area contributed by atoms with E-state index in [1.165, 1.54) is 0 Å². The standard InChI is InChI=1S/2C6H11NO2/c2*8-6(9)5-3-1-2-4-7-5/h2*5,7H,1-4H2,(H,8,9)/t5-;/m0./s1. The summed E-state index contributed by atoms with van der Waals surface area (Å²) in [6.07, 6.45) is 5.90. The van der Waals surface area contributed by atoms with Crippen LogP contribution >= 0.6 is 0 Å². The Morgan fingerprint density at radius 1 is 0.778 bits per heavy atom. The Morgan fingerprint density at radius 2 is 1.17 bits per heavy atom. The van der Waals surface area contributed by atoms with Crippen LogP contribution in [0.2, 0.25) is 0 Å². The van der Waals surface area contributed by atoms with Crippen molar-refractivity contribution in [1.29, 1.82) is 0 Å². The van der Waals surface area contributed by atoms with Crippen LogP contribution in [-0.4, -0.2) is 47.3 Å². The zero-order valence-corrected chi connectivity index (χ0v) is 10.5. The van der Waals surface area contributed by atoms with Crippen LogP contribution in [0.5, 0.6) is 0 Å². The van der Waals surface area contributed by atoms with E-state index in [1.54, 1.807) is 0 Å². The Kier molecular flexibility index (Phi) is 6.67. The molecule has 0 saturated carbocycles. The summed E-state index contributed by atoms with van der Waals surface area (Å²) in [6.45, 7) is 1.72. The van der Waals surface area contributed by atoms with Crippen molar-refractivity contribution in [3.05, 3.63) is 0 Å². The summed E-state index contributed by atoms with van der Waals surface area (Å²) in [6, 6.07) is -0.558. The molecule has 0 amide bonds. The molecule has 2 rings (SSSR count). The molecule has 0 aromatic carbocycles. The lowest BCUT2D eigenvalue weighted by molar-refractivity contribution is -0.141. The first-order valence-electron chi connectivity index (χ1n) is 6.53.